The predicted octanol–water partition coefficient (Wildman–Crippen LogP) is 4.72. The fraction of sp³-hybridized carbons (Fsp3) is 0.273. The molecule has 1 amide bonds. The van der Waals surface area contributed by atoms with Gasteiger partial charge < -0.3 is 10.1 Å². The molecule has 0 fully saturated rings. The molecule has 3 rings (SSSR count). The van der Waals surface area contributed by atoms with Crippen molar-refractivity contribution in [3.63, 3.8) is 0 Å². The van der Waals surface area contributed by atoms with Gasteiger partial charge in [0.25, 0.3) is 0 Å². The van der Waals surface area contributed by atoms with Crippen LogP contribution < -0.4 is 10.1 Å². The van der Waals surface area contributed by atoms with Gasteiger partial charge in [0.15, 0.2) is 5.78 Å². The van der Waals surface area contributed by atoms with Gasteiger partial charge in [-0.15, -0.1) is 10.2 Å². The monoisotopic (exact) mass is 409 g/mol. The number of hydrogen-bond acceptors (Lipinski definition) is 6. The van der Waals surface area contributed by atoms with Gasteiger partial charge in [0.05, 0.1) is 13.5 Å². The minimum absolute atomic E-state index is 0.0634. The van der Waals surface area contributed by atoms with Gasteiger partial charge in [0.1, 0.15) is 10.8 Å². The SMILES string of the molecule is COc1ccc(C(C)=O)cc1CC(=O)Nc1nnc(-c2ccc(C(C)C)cc2)s1. The molecule has 0 aliphatic carbocycles. The van der Waals surface area contributed by atoms with Crippen molar-refractivity contribution >= 4 is 28.2 Å². The maximum absolute atomic E-state index is 12.5. The number of rotatable bonds is 7. The Hall–Kier alpha value is -3.06. The maximum Gasteiger partial charge on any atom is 0.230 e. The molecule has 0 aliphatic rings. The highest BCUT2D eigenvalue weighted by Crippen LogP contribution is 2.28. The second-order valence-electron chi connectivity index (χ2n) is 7.00. The minimum atomic E-state index is -0.248. The Morgan fingerprint density at radius 1 is 1.10 bits per heavy atom. The molecule has 0 aliphatic heterocycles. The topological polar surface area (TPSA) is 81.2 Å². The smallest absolute Gasteiger partial charge is 0.230 e. The summed E-state index contributed by atoms with van der Waals surface area (Å²) in [5.74, 6) is 0.716. The van der Waals surface area contributed by atoms with Crippen LogP contribution in [0.4, 0.5) is 5.13 Å². The van der Waals surface area contributed by atoms with Crippen LogP contribution in [0.5, 0.6) is 5.75 Å². The van der Waals surface area contributed by atoms with Gasteiger partial charge in [0, 0.05) is 16.7 Å². The lowest BCUT2D eigenvalue weighted by atomic mass is 10.0. The highest BCUT2D eigenvalue weighted by molar-refractivity contribution is 7.18. The standard InChI is InChI=1S/C22H23N3O3S/c1-13(2)15-5-7-16(8-6-15)21-24-25-22(29-21)23-20(27)12-18-11-17(14(3)26)9-10-19(18)28-4/h5-11,13H,12H2,1-4H3,(H,23,25,27). The second-order valence-corrected chi connectivity index (χ2v) is 7.97. The van der Waals surface area contributed by atoms with E-state index in [1.807, 2.05) is 12.1 Å². The molecule has 0 unspecified atom stereocenters. The third-order valence-electron chi connectivity index (χ3n) is 4.53. The summed E-state index contributed by atoms with van der Waals surface area (Å²) >= 11 is 1.32. The number of benzene rings is 2. The zero-order valence-electron chi connectivity index (χ0n) is 16.9. The van der Waals surface area contributed by atoms with E-state index in [2.05, 4.69) is 41.5 Å². The summed E-state index contributed by atoms with van der Waals surface area (Å²) in [6.45, 7) is 5.78. The molecule has 1 N–H and O–H groups in total. The van der Waals surface area contributed by atoms with Crippen LogP contribution in [0.1, 0.15) is 48.2 Å². The molecule has 0 radical (unpaired) electrons. The molecule has 0 saturated carbocycles. The number of amides is 1. The lowest BCUT2D eigenvalue weighted by molar-refractivity contribution is -0.115. The van der Waals surface area contributed by atoms with E-state index >= 15 is 0 Å². The molecular weight excluding hydrogens is 386 g/mol. The lowest BCUT2D eigenvalue weighted by Crippen LogP contribution is -2.15. The van der Waals surface area contributed by atoms with Crippen molar-refractivity contribution < 1.29 is 14.3 Å². The fourth-order valence-corrected chi connectivity index (χ4v) is 3.64. The Bertz CT molecular complexity index is 1030. The van der Waals surface area contributed by atoms with Crippen LogP contribution in [0, 0.1) is 0 Å². The number of nitrogens with zero attached hydrogens (tertiary/aromatic N) is 2. The molecule has 3 aromatic rings. The molecule has 0 atom stereocenters. The maximum atomic E-state index is 12.5. The number of anilines is 1. The number of carbonyl (C=O) groups excluding carboxylic acids is 2. The van der Waals surface area contributed by atoms with E-state index in [4.69, 9.17) is 4.74 Å². The number of aromatic nitrogens is 2. The largest absolute Gasteiger partial charge is 0.496 e. The first-order valence-electron chi connectivity index (χ1n) is 9.29. The average Bonchev–Trinajstić information content (AvgIpc) is 3.16. The minimum Gasteiger partial charge on any atom is -0.496 e. The van der Waals surface area contributed by atoms with Crippen LogP contribution in [-0.2, 0) is 11.2 Å². The molecule has 0 bridgehead atoms. The Balaban J connectivity index is 1.71. The lowest BCUT2D eigenvalue weighted by Gasteiger charge is -2.09. The first kappa shape index (κ1) is 20.7. The van der Waals surface area contributed by atoms with E-state index in [1.54, 1.807) is 18.2 Å². The number of ether oxygens (including phenoxy) is 1. The molecule has 1 heterocycles. The van der Waals surface area contributed by atoms with Gasteiger partial charge in [-0.3, -0.25) is 9.59 Å². The number of nitrogens with one attached hydrogen (secondary N) is 1. The van der Waals surface area contributed by atoms with Crippen molar-refractivity contribution in [1.82, 2.24) is 10.2 Å². The zero-order chi connectivity index (χ0) is 21.0. The van der Waals surface area contributed by atoms with Gasteiger partial charge in [-0.1, -0.05) is 49.4 Å². The summed E-state index contributed by atoms with van der Waals surface area (Å²) in [7, 11) is 1.53. The Morgan fingerprint density at radius 3 is 2.45 bits per heavy atom. The predicted molar refractivity (Wildman–Crippen MR) is 115 cm³/mol. The van der Waals surface area contributed by atoms with Gasteiger partial charge >= 0.3 is 0 Å². The molecular formula is C22H23N3O3S. The highest BCUT2D eigenvalue weighted by atomic mass is 32.1. The third-order valence-corrected chi connectivity index (χ3v) is 5.42. The quantitative estimate of drug-likeness (QED) is 0.571. The summed E-state index contributed by atoms with van der Waals surface area (Å²) in [6, 6.07) is 13.2. The number of methoxy groups -OCH3 is 1. The van der Waals surface area contributed by atoms with E-state index in [-0.39, 0.29) is 18.1 Å². The summed E-state index contributed by atoms with van der Waals surface area (Å²) < 4.78 is 5.30. The molecule has 0 saturated heterocycles. The molecule has 7 heteroatoms. The molecule has 2 aromatic carbocycles. The van der Waals surface area contributed by atoms with Gasteiger partial charge in [0.2, 0.25) is 11.0 Å². The molecule has 0 spiro atoms. The third kappa shape index (κ3) is 5.06. The first-order valence-corrected chi connectivity index (χ1v) is 10.1. The van der Waals surface area contributed by atoms with E-state index in [9.17, 15) is 9.59 Å². The average molecular weight is 410 g/mol. The van der Waals surface area contributed by atoms with Gasteiger partial charge in [-0.2, -0.15) is 0 Å². The van der Waals surface area contributed by atoms with Crippen molar-refractivity contribution in [1.29, 1.82) is 0 Å². The van der Waals surface area contributed by atoms with Gasteiger partial charge in [-0.25, -0.2) is 0 Å². The van der Waals surface area contributed by atoms with Gasteiger partial charge in [-0.05, 0) is 36.6 Å². The molecule has 1 aromatic heterocycles. The fourth-order valence-electron chi connectivity index (χ4n) is 2.87. The van der Waals surface area contributed by atoms with Crippen molar-refractivity contribution in [2.24, 2.45) is 0 Å². The van der Waals surface area contributed by atoms with Crippen LogP contribution in [0.25, 0.3) is 10.6 Å². The summed E-state index contributed by atoms with van der Waals surface area (Å²) in [6.07, 6.45) is 0.0717. The number of hydrogen-bond donors (Lipinski definition) is 1. The number of carbonyl (C=O) groups is 2. The van der Waals surface area contributed by atoms with Crippen molar-refractivity contribution in [3.8, 4) is 16.3 Å². The van der Waals surface area contributed by atoms with Crippen molar-refractivity contribution in [2.75, 3.05) is 12.4 Å². The van der Waals surface area contributed by atoms with Crippen molar-refractivity contribution in [3.05, 3.63) is 59.2 Å². The first-order chi connectivity index (χ1) is 13.9. The summed E-state index contributed by atoms with van der Waals surface area (Å²) in [5, 5.41) is 12.2. The number of ketones is 1. The molecule has 6 nitrogen and oxygen atoms in total. The van der Waals surface area contributed by atoms with Crippen LogP contribution in [0.2, 0.25) is 0 Å². The summed E-state index contributed by atoms with van der Waals surface area (Å²) in [5.41, 5.74) is 3.40. The number of Topliss-reactive ketones (excluding diaryl/α,β-unsaturated/α-hetero) is 1. The summed E-state index contributed by atoms with van der Waals surface area (Å²) in [4.78, 5) is 24.1. The van der Waals surface area contributed by atoms with Crippen LogP contribution in [-0.4, -0.2) is 29.0 Å². The Labute approximate surface area is 173 Å². The van der Waals surface area contributed by atoms with E-state index < -0.39 is 0 Å². The molecule has 150 valence electrons. The Morgan fingerprint density at radius 2 is 1.83 bits per heavy atom. The highest BCUT2D eigenvalue weighted by Gasteiger charge is 2.14. The zero-order valence-corrected chi connectivity index (χ0v) is 17.7. The van der Waals surface area contributed by atoms with E-state index in [0.717, 1.165) is 10.6 Å². The van der Waals surface area contributed by atoms with E-state index in [1.165, 1.54) is 30.9 Å². The van der Waals surface area contributed by atoms with Crippen LogP contribution in [0.3, 0.4) is 0 Å². The van der Waals surface area contributed by atoms with Crippen LogP contribution in [0.15, 0.2) is 42.5 Å². The van der Waals surface area contributed by atoms with Crippen LogP contribution >= 0.6 is 11.3 Å². The Kier molecular flexibility index (Phi) is 6.39. The van der Waals surface area contributed by atoms with Crippen molar-refractivity contribution in [2.45, 2.75) is 33.1 Å². The molecule has 29 heavy (non-hydrogen) atoms. The normalized spacial score (nSPS) is 10.8. The van der Waals surface area contributed by atoms with E-state index in [0.29, 0.717) is 27.9 Å². The second kappa shape index (κ2) is 8.96.